The van der Waals surface area contributed by atoms with Crippen molar-refractivity contribution in [2.75, 3.05) is 27.4 Å². The second-order valence-corrected chi connectivity index (χ2v) is 13.4. The van der Waals surface area contributed by atoms with E-state index in [1.54, 1.807) is 14.2 Å². The van der Waals surface area contributed by atoms with E-state index < -0.39 is 11.5 Å². The number of benzene rings is 2. The zero-order valence-electron chi connectivity index (χ0n) is 26.0. The molecule has 43 heavy (non-hydrogen) atoms. The molecule has 0 bridgehead atoms. The largest absolute Gasteiger partial charge is 0.383 e. The van der Waals surface area contributed by atoms with Crippen LogP contribution in [0.1, 0.15) is 75.7 Å². The van der Waals surface area contributed by atoms with Gasteiger partial charge in [0.1, 0.15) is 11.9 Å². The van der Waals surface area contributed by atoms with Gasteiger partial charge >= 0.3 is 0 Å². The Kier molecular flexibility index (Phi) is 9.49. The van der Waals surface area contributed by atoms with E-state index in [1.165, 1.54) is 0 Å². The Balaban J connectivity index is 1.36. The number of fused-ring (bicyclic) bond motifs is 1. The van der Waals surface area contributed by atoms with Gasteiger partial charge in [0, 0.05) is 32.2 Å². The Hall–Kier alpha value is -2.94. The Bertz CT molecular complexity index is 1450. The molecule has 0 saturated heterocycles. The van der Waals surface area contributed by atoms with E-state index in [9.17, 15) is 9.59 Å². The minimum Gasteiger partial charge on any atom is -0.383 e. The quantitative estimate of drug-likeness (QED) is 0.218. The van der Waals surface area contributed by atoms with Crippen molar-refractivity contribution in [2.24, 2.45) is 11.8 Å². The molecule has 0 spiro atoms. The lowest BCUT2D eigenvalue weighted by molar-refractivity contribution is -0.135. The third-order valence-electron chi connectivity index (χ3n) is 9.64. The first kappa shape index (κ1) is 31.5. The number of ether oxygens (including phenoxy) is 2. The van der Waals surface area contributed by atoms with Gasteiger partial charge in [-0.1, -0.05) is 56.1 Å². The molecule has 1 heterocycles. The van der Waals surface area contributed by atoms with Gasteiger partial charge in [-0.15, -0.1) is 0 Å². The zero-order chi connectivity index (χ0) is 30.8. The van der Waals surface area contributed by atoms with Gasteiger partial charge in [0.05, 0.1) is 28.7 Å². The van der Waals surface area contributed by atoms with Gasteiger partial charge in [-0.3, -0.25) is 9.59 Å². The number of aromatic nitrogens is 2. The molecule has 0 aliphatic heterocycles. The number of H-pyrrole nitrogens is 1. The molecule has 5 rings (SSSR count). The van der Waals surface area contributed by atoms with E-state index in [-0.39, 0.29) is 35.9 Å². The van der Waals surface area contributed by atoms with Crippen molar-refractivity contribution in [3.05, 3.63) is 64.4 Å². The third-order valence-corrected chi connectivity index (χ3v) is 9.98. The molecule has 2 aliphatic carbocycles. The predicted molar refractivity (Wildman–Crippen MR) is 169 cm³/mol. The number of hydrogen-bond acceptors (Lipinski definition) is 5. The number of amides is 2. The number of carbonyl (C=O) groups is 2. The molecule has 9 heteroatoms. The second-order valence-electron chi connectivity index (χ2n) is 13.0. The zero-order valence-corrected chi connectivity index (χ0v) is 26.7. The van der Waals surface area contributed by atoms with Crippen LogP contribution in [-0.4, -0.2) is 60.8 Å². The Morgan fingerprint density at radius 2 is 1.91 bits per heavy atom. The summed E-state index contributed by atoms with van der Waals surface area (Å²) in [6.45, 7) is 6.89. The molecule has 2 saturated carbocycles. The summed E-state index contributed by atoms with van der Waals surface area (Å²) in [6.07, 6.45) is 5.49. The SMILES string of the molecule is COCC(C)(C(=O)N[C@@H](C(=O)NCC1(OC)CC1)C1CCC1)c1ccc2nc(C[C@H](c3ccccc3Cl)C(C)C)[nH]c2c1. The molecule has 0 radical (unpaired) electrons. The van der Waals surface area contributed by atoms with Crippen molar-refractivity contribution >= 4 is 34.4 Å². The summed E-state index contributed by atoms with van der Waals surface area (Å²) in [5.74, 6) is 1.18. The van der Waals surface area contributed by atoms with Gasteiger partial charge in [-0.2, -0.15) is 0 Å². The van der Waals surface area contributed by atoms with E-state index in [0.29, 0.717) is 18.9 Å². The van der Waals surface area contributed by atoms with Gasteiger partial charge in [-0.25, -0.2) is 4.98 Å². The Morgan fingerprint density at radius 3 is 2.51 bits per heavy atom. The molecule has 2 aromatic carbocycles. The van der Waals surface area contributed by atoms with Gasteiger partial charge < -0.3 is 25.1 Å². The van der Waals surface area contributed by atoms with Crippen molar-refractivity contribution in [2.45, 2.75) is 82.3 Å². The van der Waals surface area contributed by atoms with Crippen molar-refractivity contribution in [1.82, 2.24) is 20.6 Å². The molecule has 3 aromatic rings. The summed E-state index contributed by atoms with van der Waals surface area (Å²) in [5, 5.41) is 6.94. The number of halogens is 1. The van der Waals surface area contributed by atoms with Crippen LogP contribution in [-0.2, 0) is 30.9 Å². The van der Waals surface area contributed by atoms with Crippen molar-refractivity contribution in [1.29, 1.82) is 0 Å². The summed E-state index contributed by atoms with van der Waals surface area (Å²) in [6, 6.07) is 13.3. The van der Waals surface area contributed by atoms with Crippen molar-refractivity contribution in [3.8, 4) is 0 Å². The molecule has 232 valence electrons. The maximum absolute atomic E-state index is 14.0. The average Bonchev–Trinajstić information content (AvgIpc) is 3.63. The van der Waals surface area contributed by atoms with Gasteiger partial charge in [0.2, 0.25) is 11.8 Å². The molecule has 1 aromatic heterocycles. The monoisotopic (exact) mass is 608 g/mol. The normalized spacial score (nSPS) is 19.0. The molecule has 2 amide bonds. The lowest BCUT2D eigenvalue weighted by atomic mass is 9.77. The van der Waals surface area contributed by atoms with E-state index in [0.717, 1.165) is 65.1 Å². The van der Waals surface area contributed by atoms with Crippen LogP contribution >= 0.6 is 11.6 Å². The van der Waals surface area contributed by atoms with Gasteiger partial charge in [0.25, 0.3) is 0 Å². The number of imidazole rings is 1. The summed E-state index contributed by atoms with van der Waals surface area (Å²) >= 11 is 6.56. The molecule has 3 N–H and O–H groups in total. The van der Waals surface area contributed by atoms with Crippen molar-refractivity contribution < 1.29 is 19.1 Å². The molecule has 3 atom stereocenters. The average molecular weight is 609 g/mol. The fourth-order valence-corrected chi connectivity index (χ4v) is 6.46. The smallest absolute Gasteiger partial charge is 0.242 e. The number of nitrogens with zero attached hydrogens (tertiary/aromatic N) is 1. The molecule has 8 nitrogen and oxygen atoms in total. The van der Waals surface area contributed by atoms with Crippen LogP contribution in [0.3, 0.4) is 0 Å². The number of hydrogen-bond donors (Lipinski definition) is 3. The number of aromatic amines is 1. The van der Waals surface area contributed by atoms with Gasteiger partial charge in [0.15, 0.2) is 0 Å². The molecular weight excluding hydrogens is 564 g/mol. The number of nitrogens with one attached hydrogen (secondary N) is 3. The maximum Gasteiger partial charge on any atom is 0.242 e. The minimum atomic E-state index is -1.02. The molecule has 1 unspecified atom stereocenters. The van der Waals surface area contributed by atoms with Crippen LogP contribution in [0.2, 0.25) is 5.02 Å². The van der Waals surface area contributed by atoms with Crippen molar-refractivity contribution in [3.63, 3.8) is 0 Å². The van der Waals surface area contributed by atoms with Crippen LogP contribution in [0.25, 0.3) is 11.0 Å². The van der Waals surface area contributed by atoms with E-state index in [4.69, 9.17) is 26.1 Å². The highest BCUT2D eigenvalue weighted by Crippen LogP contribution is 2.38. The van der Waals surface area contributed by atoms with E-state index in [1.807, 2.05) is 43.3 Å². The Labute approximate surface area is 259 Å². The highest BCUT2D eigenvalue weighted by molar-refractivity contribution is 6.31. The lowest BCUT2D eigenvalue weighted by Crippen LogP contribution is -2.58. The highest BCUT2D eigenvalue weighted by atomic mass is 35.5. The summed E-state index contributed by atoms with van der Waals surface area (Å²) in [7, 11) is 3.27. The number of carbonyl (C=O) groups excluding carboxylic acids is 2. The number of methoxy groups -OCH3 is 2. The fourth-order valence-electron chi connectivity index (χ4n) is 6.18. The first-order chi connectivity index (χ1) is 20.6. The first-order valence-electron chi connectivity index (χ1n) is 15.5. The third kappa shape index (κ3) is 6.76. The molecule has 2 aliphatic rings. The Morgan fingerprint density at radius 1 is 1.16 bits per heavy atom. The van der Waals surface area contributed by atoms with Crippen LogP contribution < -0.4 is 10.6 Å². The van der Waals surface area contributed by atoms with E-state index in [2.05, 4.69) is 35.5 Å². The van der Waals surface area contributed by atoms with Crippen LogP contribution in [0, 0.1) is 11.8 Å². The number of rotatable bonds is 14. The topological polar surface area (TPSA) is 105 Å². The fraction of sp³-hybridized carbons (Fsp3) is 0.559. The highest BCUT2D eigenvalue weighted by Gasteiger charge is 2.45. The second kappa shape index (κ2) is 13.0. The maximum atomic E-state index is 14.0. The van der Waals surface area contributed by atoms with Crippen LogP contribution in [0.4, 0.5) is 0 Å². The summed E-state index contributed by atoms with van der Waals surface area (Å²) in [4.78, 5) is 35.7. The minimum absolute atomic E-state index is 0.123. The summed E-state index contributed by atoms with van der Waals surface area (Å²) in [5.41, 5.74) is 2.33. The van der Waals surface area contributed by atoms with Crippen LogP contribution in [0.15, 0.2) is 42.5 Å². The van der Waals surface area contributed by atoms with Crippen LogP contribution in [0.5, 0.6) is 0 Å². The molecule has 2 fully saturated rings. The molecular formula is C34H45ClN4O4. The lowest BCUT2D eigenvalue weighted by Gasteiger charge is -2.36. The van der Waals surface area contributed by atoms with Gasteiger partial charge in [-0.05, 0) is 79.7 Å². The predicted octanol–water partition coefficient (Wildman–Crippen LogP) is 5.68. The first-order valence-corrected chi connectivity index (χ1v) is 15.8. The summed E-state index contributed by atoms with van der Waals surface area (Å²) < 4.78 is 11.2. The van der Waals surface area contributed by atoms with E-state index >= 15 is 0 Å². The standard InChI is InChI=1S/C34H45ClN4O4/c1-21(2)25(24-11-6-7-12-26(24)35)18-29-37-27-14-13-23(17-28(27)38-29)33(3,20-42-4)32(41)39-30(22-9-8-10-22)31(40)36-19-34(43-5)15-16-34/h6-7,11-14,17,21-22,25,30H,8-10,15-16,18-20H2,1-5H3,(H,36,40)(H,37,38)(H,39,41)/t25-,30+,33?/m0/s1.